The van der Waals surface area contributed by atoms with E-state index in [9.17, 15) is 27.6 Å². The summed E-state index contributed by atoms with van der Waals surface area (Å²) in [5.74, 6) is -1.25. The first-order chi connectivity index (χ1) is 18.6. The largest absolute Gasteiger partial charge is 0.408 e. The number of carbonyl (C=O) groups is 3. The van der Waals surface area contributed by atoms with E-state index in [1.807, 2.05) is 13.0 Å². The van der Waals surface area contributed by atoms with Crippen LogP contribution in [-0.4, -0.2) is 81.1 Å². The molecule has 2 fully saturated rings. The second kappa shape index (κ2) is 9.06. The van der Waals surface area contributed by atoms with Crippen molar-refractivity contribution in [3.63, 3.8) is 0 Å². The Kier molecular flexibility index (Phi) is 5.88. The molecule has 3 aliphatic rings. The van der Waals surface area contributed by atoms with Crippen LogP contribution >= 0.6 is 0 Å². The Labute approximate surface area is 222 Å². The van der Waals surface area contributed by atoms with Crippen molar-refractivity contribution in [2.75, 3.05) is 31.1 Å². The number of nitrogens with zero attached hydrogens (tertiary/aromatic N) is 5. The van der Waals surface area contributed by atoms with Gasteiger partial charge in [-0.15, -0.1) is 0 Å². The molecule has 1 spiro atoms. The number of halogens is 3. The van der Waals surface area contributed by atoms with Gasteiger partial charge in [0.25, 0.3) is 5.91 Å². The molecule has 5 heterocycles. The number of anilines is 1. The summed E-state index contributed by atoms with van der Waals surface area (Å²) in [6.07, 6.45) is -0.519. The molecule has 2 saturated heterocycles. The summed E-state index contributed by atoms with van der Waals surface area (Å²) in [7, 11) is 0. The minimum Gasteiger partial charge on any atom is -0.337 e. The van der Waals surface area contributed by atoms with Gasteiger partial charge in [0.1, 0.15) is 18.3 Å². The van der Waals surface area contributed by atoms with Gasteiger partial charge in [-0.25, -0.2) is 4.98 Å². The number of hydrogen-bond acceptors (Lipinski definition) is 5. The molecule has 0 radical (unpaired) electrons. The molecule has 1 unspecified atom stereocenters. The Morgan fingerprint density at radius 1 is 1.15 bits per heavy atom. The second-order valence-corrected chi connectivity index (χ2v) is 10.5. The molecule has 12 heteroatoms. The highest BCUT2D eigenvalue weighted by atomic mass is 19.4. The van der Waals surface area contributed by atoms with Gasteiger partial charge in [0.05, 0.1) is 23.3 Å². The predicted octanol–water partition coefficient (Wildman–Crippen LogP) is 3.34. The molecule has 3 aromatic rings. The minimum atomic E-state index is -4.51. The zero-order chi connectivity index (χ0) is 27.5. The zero-order valence-corrected chi connectivity index (χ0v) is 21.3. The third-order valence-corrected chi connectivity index (χ3v) is 8.37. The van der Waals surface area contributed by atoms with E-state index in [-0.39, 0.29) is 36.9 Å². The number of nitrogens with one attached hydrogen (secondary N) is 1. The Morgan fingerprint density at radius 3 is 2.67 bits per heavy atom. The SMILES string of the molecule is Cc1cccc2c1C1(CCN(C(=O)c3cc4cn[nH]c4cn3)CC1)C(=O)N2CC(=O)N1CCCC1C(F)(F)F. The number of pyridine rings is 1. The number of piperidine rings is 1. The van der Waals surface area contributed by atoms with Crippen molar-refractivity contribution in [1.82, 2.24) is 25.0 Å². The topological polar surface area (TPSA) is 102 Å². The number of fused-ring (bicyclic) bond motifs is 3. The molecule has 0 bridgehead atoms. The molecule has 204 valence electrons. The number of aromatic nitrogens is 3. The predicted molar refractivity (Wildman–Crippen MR) is 135 cm³/mol. The first kappa shape index (κ1) is 25.3. The van der Waals surface area contributed by atoms with Crippen LogP contribution < -0.4 is 4.90 Å². The molecule has 3 amide bonds. The van der Waals surface area contributed by atoms with E-state index in [2.05, 4.69) is 15.2 Å². The summed E-state index contributed by atoms with van der Waals surface area (Å²) >= 11 is 0. The number of alkyl halides is 3. The van der Waals surface area contributed by atoms with E-state index < -0.39 is 30.1 Å². The molecule has 39 heavy (non-hydrogen) atoms. The summed E-state index contributed by atoms with van der Waals surface area (Å²) in [6.45, 7) is 2.06. The number of hydrogen-bond donors (Lipinski definition) is 1. The fraction of sp³-hybridized carbons (Fsp3) is 0.444. The van der Waals surface area contributed by atoms with E-state index in [0.29, 0.717) is 31.6 Å². The van der Waals surface area contributed by atoms with Crippen LogP contribution in [0.5, 0.6) is 0 Å². The second-order valence-electron chi connectivity index (χ2n) is 10.5. The smallest absolute Gasteiger partial charge is 0.337 e. The highest BCUT2D eigenvalue weighted by molar-refractivity contribution is 6.11. The molecule has 1 aromatic carbocycles. The lowest BCUT2D eigenvalue weighted by atomic mass is 9.72. The standard InChI is InChI=1S/C27H27F3N6O3/c1-16-4-2-5-20-23(16)26(25(39)36(20)15-22(37)35-9-3-6-21(35)27(28,29)30)7-10-34(11-8-26)24(38)18-12-17-13-32-33-19(17)14-31-18/h2,4-5,12-14,21H,3,6-11,15H2,1H3,(H,32,33). The van der Waals surface area contributed by atoms with Crippen LogP contribution in [0.4, 0.5) is 18.9 Å². The zero-order valence-electron chi connectivity index (χ0n) is 21.3. The Morgan fingerprint density at radius 2 is 1.92 bits per heavy atom. The van der Waals surface area contributed by atoms with Gasteiger partial charge >= 0.3 is 6.18 Å². The summed E-state index contributed by atoms with van der Waals surface area (Å²) in [6, 6.07) is 5.27. The summed E-state index contributed by atoms with van der Waals surface area (Å²) in [5.41, 5.74) is 2.28. The van der Waals surface area contributed by atoms with E-state index >= 15 is 0 Å². The minimum absolute atomic E-state index is 0.0204. The molecule has 0 aliphatic carbocycles. The van der Waals surface area contributed by atoms with Crippen LogP contribution in [-0.2, 0) is 15.0 Å². The highest BCUT2D eigenvalue weighted by Crippen LogP contribution is 2.49. The van der Waals surface area contributed by atoms with Gasteiger partial charge in [-0.3, -0.25) is 19.5 Å². The van der Waals surface area contributed by atoms with Crippen molar-refractivity contribution in [2.24, 2.45) is 0 Å². The van der Waals surface area contributed by atoms with Gasteiger partial charge in [-0.05, 0) is 55.9 Å². The average Bonchev–Trinajstić information content (AvgIpc) is 3.64. The maximum atomic E-state index is 14.0. The fourth-order valence-electron chi connectivity index (χ4n) is 6.44. The van der Waals surface area contributed by atoms with Crippen LogP contribution in [0, 0.1) is 6.92 Å². The first-order valence-corrected chi connectivity index (χ1v) is 13.0. The van der Waals surface area contributed by atoms with Crippen LogP contribution in [0.3, 0.4) is 0 Å². The number of benzene rings is 1. The Bertz CT molecular complexity index is 1480. The number of aryl methyl sites for hydroxylation is 1. The normalized spacial score (nSPS) is 20.8. The lowest BCUT2D eigenvalue weighted by Gasteiger charge is -2.39. The quantitative estimate of drug-likeness (QED) is 0.549. The van der Waals surface area contributed by atoms with Crippen LogP contribution in [0.2, 0.25) is 0 Å². The average molecular weight is 541 g/mol. The van der Waals surface area contributed by atoms with Crippen molar-refractivity contribution in [3.8, 4) is 0 Å². The summed E-state index contributed by atoms with van der Waals surface area (Å²) in [4.78, 5) is 48.5. The van der Waals surface area contributed by atoms with E-state index in [4.69, 9.17) is 0 Å². The van der Waals surface area contributed by atoms with Gasteiger partial charge < -0.3 is 14.7 Å². The van der Waals surface area contributed by atoms with Crippen molar-refractivity contribution < 1.29 is 27.6 Å². The van der Waals surface area contributed by atoms with Gasteiger partial charge in [-0.2, -0.15) is 18.3 Å². The first-order valence-electron chi connectivity index (χ1n) is 13.0. The van der Waals surface area contributed by atoms with E-state index in [1.54, 1.807) is 35.5 Å². The number of H-pyrrole nitrogens is 1. The molecule has 9 nitrogen and oxygen atoms in total. The van der Waals surface area contributed by atoms with E-state index in [0.717, 1.165) is 26.9 Å². The molecule has 1 atom stereocenters. The van der Waals surface area contributed by atoms with Gasteiger partial charge in [-0.1, -0.05) is 12.1 Å². The van der Waals surface area contributed by atoms with Crippen LogP contribution in [0.1, 0.15) is 47.3 Å². The van der Waals surface area contributed by atoms with Crippen molar-refractivity contribution in [3.05, 3.63) is 53.5 Å². The molecular weight excluding hydrogens is 513 g/mol. The molecule has 2 aromatic heterocycles. The highest BCUT2D eigenvalue weighted by Gasteiger charge is 2.54. The Balaban J connectivity index is 1.24. The number of aromatic amines is 1. The molecular formula is C27H27F3N6O3. The third-order valence-electron chi connectivity index (χ3n) is 8.37. The van der Waals surface area contributed by atoms with Crippen molar-refractivity contribution in [1.29, 1.82) is 0 Å². The van der Waals surface area contributed by atoms with Gasteiger partial charge in [0.15, 0.2) is 0 Å². The molecule has 3 aliphatic heterocycles. The van der Waals surface area contributed by atoms with Crippen molar-refractivity contribution >= 4 is 34.3 Å². The van der Waals surface area contributed by atoms with E-state index in [1.165, 1.54) is 4.90 Å². The van der Waals surface area contributed by atoms with Crippen LogP contribution in [0.25, 0.3) is 10.9 Å². The summed E-state index contributed by atoms with van der Waals surface area (Å²) < 4.78 is 40.5. The maximum Gasteiger partial charge on any atom is 0.408 e. The Hall–Kier alpha value is -3.96. The number of rotatable bonds is 3. The van der Waals surface area contributed by atoms with Gasteiger partial charge in [0.2, 0.25) is 11.8 Å². The molecule has 6 rings (SSSR count). The lowest BCUT2D eigenvalue weighted by molar-refractivity contribution is -0.182. The van der Waals surface area contributed by atoms with Crippen LogP contribution in [0.15, 0.2) is 36.7 Å². The number of amides is 3. The molecule has 0 saturated carbocycles. The third kappa shape index (κ3) is 4.04. The molecule has 1 N–H and O–H groups in total. The number of likely N-dealkylation sites (tertiary alicyclic amines) is 2. The fourth-order valence-corrected chi connectivity index (χ4v) is 6.44. The lowest BCUT2D eigenvalue weighted by Crippen LogP contribution is -2.53. The van der Waals surface area contributed by atoms with Gasteiger partial charge in [0, 0.05) is 30.7 Å². The maximum absolute atomic E-state index is 14.0. The monoisotopic (exact) mass is 540 g/mol. The van der Waals surface area contributed by atoms with Crippen molar-refractivity contribution in [2.45, 2.75) is 50.2 Å². The number of carbonyl (C=O) groups excluding carboxylic acids is 3. The summed E-state index contributed by atoms with van der Waals surface area (Å²) in [5, 5.41) is 7.52.